The van der Waals surface area contributed by atoms with Gasteiger partial charge in [0, 0.05) is 11.6 Å². The summed E-state index contributed by atoms with van der Waals surface area (Å²) in [5.41, 5.74) is 0.208. The van der Waals surface area contributed by atoms with Crippen molar-refractivity contribution in [3.63, 3.8) is 0 Å². The molecule has 0 bridgehead atoms. The van der Waals surface area contributed by atoms with Crippen LogP contribution in [0.2, 0.25) is 0 Å². The first-order valence-corrected chi connectivity index (χ1v) is 12.9. The van der Waals surface area contributed by atoms with Gasteiger partial charge in [-0.05, 0) is 89.1 Å². The highest BCUT2D eigenvalue weighted by molar-refractivity contribution is 5.38. The monoisotopic (exact) mass is 486 g/mol. The van der Waals surface area contributed by atoms with Crippen molar-refractivity contribution in [2.75, 3.05) is 37.7 Å². The molecule has 1 N–H and O–H groups in total. The van der Waals surface area contributed by atoms with Crippen LogP contribution in [0.4, 0.5) is 10.4 Å². The lowest BCUT2D eigenvalue weighted by Crippen LogP contribution is -2.62. The lowest BCUT2D eigenvalue weighted by molar-refractivity contribution is -0.0676. The first-order chi connectivity index (χ1) is 16.8. The molecular formula is C26H35FN4O4. The Morgan fingerprint density at radius 3 is 2.66 bits per heavy atom. The third-order valence-corrected chi connectivity index (χ3v) is 8.61. The molecule has 9 heteroatoms. The summed E-state index contributed by atoms with van der Waals surface area (Å²) in [6, 6.07) is 5.92. The van der Waals surface area contributed by atoms with Crippen LogP contribution in [0.25, 0.3) is 0 Å². The Kier molecular flexibility index (Phi) is 5.77. The van der Waals surface area contributed by atoms with Crippen molar-refractivity contribution in [3.8, 4) is 5.75 Å². The molecule has 1 spiro atoms. The van der Waals surface area contributed by atoms with Gasteiger partial charge >= 0.3 is 6.01 Å². The van der Waals surface area contributed by atoms with Crippen LogP contribution < -0.4 is 9.64 Å². The number of aromatic nitrogens is 2. The Morgan fingerprint density at radius 2 is 1.97 bits per heavy atom. The van der Waals surface area contributed by atoms with Gasteiger partial charge < -0.3 is 23.9 Å². The minimum Gasteiger partial charge on any atom is -0.490 e. The van der Waals surface area contributed by atoms with Crippen molar-refractivity contribution in [3.05, 3.63) is 36.0 Å². The normalized spacial score (nSPS) is 29.3. The van der Waals surface area contributed by atoms with Gasteiger partial charge in [0.2, 0.25) is 6.39 Å². The summed E-state index contributed by atoms with van der Waals surface area (Å²) in [7, 11) is 0. The summed E-state index contributed by atoms with van der Waals surface area (Å²) in [5, 5.41) is 18.0. The minimum atomic E-state index is -0.675. The van der Waals surface area contributed by atoms with Gasteiger partial charge in [-0.1, -0.05) is 5.10 Å². The van der Waals surface area contributed by atoms with Crippen molar-refractivity contribution < 1.29 is 23.4 Å². The third-order valence-electron chi connectivity index (χ3n) is 8.61. The second-order valence-corrected chi connectivity index (χ2v) is 11.5. The lowest BCUT2D eigenvalue weighted by Gasteiger charge is -2.46. The highest BCUT2D eigenvalue weighted by Crippen LogP contribution is 2.43. The van der Waals surface area contributed by atoms with E-state index >= 15 is 0 Å². The molecule has 0 unspecified atom stereocenters. The average Bonchev–Trinajstić information content (AvgIpc) is 3.45. The summed E-state index contributed by atoms with van der Waals surface area (Å²) >= 11 is 0. The van der Waals surface area contributed by atoms with Crippen LogP contribution in [-0.4, -0.2) is 76.3 Å². The summed E-state index contributed by atoms with van der Waals surface area (Å²) in [5.74, 6) is 1.14. The van der Waals surface area contributed by atoms with E-state index in [2.05, 4.69) is 20.0 Å². The van der Waals surface area contributed by atoms with Gasteiger partial charge in [0.25, 0.3) is 0 Å². The Bertz CT molecular complexity index is 1020. The number of anilines is 1. The molecule has 0 amide bonds. The molecule has 1 aliphatic carbocycles. The third kappa shape index (κ3) is 4.54. The predicted molar refractivity (Wildman–Crippen MR) is 127 cm³/mol. The number of nitrogens with zero attached hydrogens (tertiary/aromatic N) is 4. The first-order valence-electron chi connectivity index (χ1n) is 12.9. The zero-order valence-electron chi connectivity index (χ0n) is 20.5. The van der Waals surface area contributed by atoms with Crippen LogP contribution >= 0.6 is 0 Å². The van der Waals surface area contributed by atoms with E-state index in [-0.39, 0.29) is 29.4 Å². The van der Waals surface area contributed by atoms with Gasteiger partial charge in [-0.25, -0.2) is 4.39 Å². The number of likely N-dealkylation sites (tertiary alicyclic amines) is 1. The zero-order valence-corrected chi connectivity index (χ0v) is 20.5. The second-order valence-electron chi connectivity index (χ2n) is 11.5. The molecule has 4 aliphatic rings. The van der Waals surface area contributed by atoms with Crippen molar-refractivity contribution in [2.45, 2.75) is 75.2 Å². The van der Waals surface area contributed by atoms with E-state index in [9.17, 15) is 9.50 Å². The summed E-state index contributed by atoms with van der Waals surface area (Å²) < 4.78 is 32.1. The van der Waals surface area contributed by atoms with Gasteiger partial charge in [0.1, 0.15) is 17.2 Å². The molecule has 1 atom stereocenters. The van der Waals surface area contributed by atoms with E-state index in [1.54, 1.807) is 12.1 Å². The van der Waals surface area contributed by atoms with Gasteiger partial charge in [-0.3, -0.25) is 4.90 Å². The van der Waals surface area contributed by atoms with E-state index in [1.807, 2.05) is 13.8 Å². The Balaban J connectivity index is 1.03. The zero-order chi connectivity index (χ0) is 24.2. The Morgan fingerprint density at radius 1 is 1.20 bits per heavy atom. The molecule has 8 nitrogen and oxygen atoms in total. The number of piperidine rings is 1. The number of hydrogen-bond acceptors (Lipinski definition) is 8. The SMILES string of the molecule is CC(C)(O)[C@H]1C[C@H](Oc2ccc(F)cc2C2CCN([C@@H]3COC4(C3)CN(c3nnco3)C4)CC2)C1. The molecule has 3 aliphatic heterocycles. The summed E-state index contributed by atoms with van der Waals surface area (Å²) in [6.45, 7) is 8.00. The van der Waals surface area contributed by atoms with Gasteiger partial charge in [-0.2, -0.15) is 0 Å². The molecule has 0 radical (unpaired) electrons. The topological polar surface area (TPSA) is 84.1 Å². The molecule has 2 aromatic rings. The largest absolute Gasteiger partial charge is 0.490 e. The lowest BCUT2D eigenvalue weighted by atomic mass is 9.72. The molecule has 35 heavy (non-hydrogen) atoms. The van der Waals surface area contributed by atoms with Crippen LogP contribution in [0.15, 0.2) is 29.0 Å². The van der Waals surface area contributed by atoms with Crippen LogP contribution in [0.3, 0.4) is 0 Å². The van der Waals surface area contributed by atoms with Crippen LogP contribution in [0.1, 0.15) is 57.4 Å². The maximum Gasteiger partial charge on any atom is 0.318 e. The second kappa shape index (κ2) is 8.71. The van der Waals surface area contributed by atoms with E-state index in [4.69, 9.17) is 13.9 Å². The van der Waals surface area contributed by atoms with Crippen LogP contribution in [-0.2, 0) is 4.74 Å². The highest BCUT2D eigenvalue weighted by Gasteiger charge is 2.52. The molecule has 4 heterocycles. The summed E-state index contributed by atoms with van der Waals surface area (Å²) in [6.07, 6.45) is 6.11. The smallest absolute Gasteiger partial charge is 0.318 e. The number of hydrogen-bond donors (Lipinski definition) is 1. The summed E-state index contributed by atoms with van der Waals surface area (Å²) in [4.78, 5) is 4.61. The molecule has 6 rings (SSSR count). The Hall–Kier alpha value is -2.23. The number of rotatable bonds is 6. The average molecular weight is 487 g/mol. The van der Waals surface area contributed by atoms with Crippen molar-refractivity contribution in [1.29, 1.82) is 0 Å². The van der Waals surface area contributed by atoms with Gasteiger partial charge in [0.05, 0.1) is 31.4 Å². The van der Waals surface area contributed by atoms with E-state index in [1.165, 1.54) is 12.5 Å². The standard InChI is InChI=1S/C26H35FN4O4/c1-25(2,32)18-9-21(10-18)35-23-4-3-19(27)11-22(23)17-5-7-30(8-6-17)20-12-26(34-13-20)14-31(15-26)24-29-28-16-33-24/h3-4,11,16-18,20-21,32H,5-10,12-15H2,1-2H3/t18-,20-,21-/m0/s1. The van der Waals surface area contributed by atoms with E-state index in [0.29, 0.717) is 12.1 Å². The highest BCUT2D eigenvalue weighted by atomic mass is 19.1. The number of aliphatic hydroxyl groups is 1. The molecule has 1 aromatic heterocycles. The van der Waals surface area contributed by atoms with Crippen molar-refractivity contribution in [1.82, 2.24) is 15.1 Å². The fourth-order valence-corrected chi connectivity index (χ4v) is 6.30. The molecule has 3 saturated heterocycles. The van der Waals surface area contributed by atoms with Gasteiger partial charge in [0.15, 0.2) is 0 Å². The minimum absolute atomic E-state index is 0.0942. The van der Waals surface area contributed by atoms with E-state index in [0.717, 1.165) is 76.2 Å². The maximum atomic E-state index is 14.2. The fraction of sp³-hybridized carbons (Fsp3) is 0.692. The quantitative estimate of drug-likeness (QED) is 0.666. The molecule has 4 fully saturated rings. The van der Waals surface area contributed by atoms with Crippen LogP contribution in [0.5, 0.6) is 5.75 Å². The van der Waals surface area contributed by atoms with Crippen molar-refractivity contribution >= 4 is 6.01 Å². The maximum absolute atomic E-state index is 14.2. The van der Waals surface area contributed by atoms with Crippen molar-refractivity contribution in [2.24, 2.45) is 5.92 Å². The Labute approximate surface area is 205 Å². The van der Waals surface area contributed by atoms with Gasteiger partial charge in [-0.15, -0.1) is 5.10 Å². The fourth-order valence-electron chi connectivity index (χ4n) is 6.30. The number of benzene rings is 1. The predicted octanol–water partition coefficient (Wildman–Crippen LogP) is 3.36. The number of halogens is 1. The molecule has 190 valence electrons. The van der Waals surface area contributed by atoms with Crippen LogP contribution in [0, 0.1) is 11.7 Å². The molecule has 1 aromatic carbocycles. The molecular weight excluding hydrogens is 451 g/mol. The number of ether oxygens (including phenoxy) is 2. The first kappa shape index (κ1) is 23.2. The van der Waals surface area contributed by atoms with E-state index < -0.39 is 5.60 Å². The molecule has 1 saturated carbocycles.